The van der Waals surface area contributed by atoms with Crippen LogP contribution in [0, 0.1) is 0 Å². The third-order valence-electron chi connectivity index (χ3n) is 4.95. The fourth-order valence-electron chi connectivity index (χ4n) is 3.22. The predicted molar refractivity (Wildman–Crippen MR) is 117 cm³/mol. The molecule has 30 heavy (non-hydrogen) atoms. The Morgan fingerprint density at radius 1 is 0.967 bits per heavy atom. The van der Waals surface area contributed by atoms with Crippen molar-refractivity contribution in [2.24, 2.45) is 0 Å². The molecule has 0 aromatic heterocycles. The lowest BCUT2D eigenvalue weighted by atomic mass is 10.1. The lowest BCUT2D eigenvalue weighted by Crippen LogP contribution is -2.40. The predicted octanol–water partition coefficient (Wildman–Crippen LogP) is 2.26. The summed E-state index contributed by atoms with van der Waals surface area (Å²) in [4.78, 5) is 12.3. The molecule has 0 spiro atoms. The molecular formula is C22H29N3O4S. The van der Waals surface area contributed by atoms with Crippen LogP contribution in [0.15, 0.2) is 59.5 Å². The van der Waals surface area contributed by atoms with E-state index in [1.807, 2.05) is 30.3 Å². The number of carbonyl (C=O) groups excluding carboxylic acids is 1. The number of para-hydroxylation sites is 1. The zero-order valence-corrected chi connectivity index (χ0v) is 17.9. The molecule has 2 N–H and O–H groups in total. The summed E-state index contributed by atoms with van der Waals surface area (Å²) in [5.74, 6) is -0.000254. The summed E-state index contributed by atoms with van der Waals surface area (Å²) in [6.45, 7) is 3.03. The molecule has 0 atom stereocenters. The van der Waals surface area contributed by atoms with Crippen molar-refractivity contribution < 1.29 is 17.9 Å². The van der Waals surface area contributed by atoms with Crippen LogP contribution in [0.5, 0.6) is 0 Å². The third-order valence-corrected chi connectivity index (χ3v) is 6.86. The van der Waals surface area contributed by atoms with Gasteiger partial charge in [-0.3, -0.25) is 4.79 Å². The maximum Gasteiger partial charge on any atom is 0.243 e. The molecule has 0 saturated carbocycles. The Kier molecular flexibility index (Phi) is 8.24. The lowest BCUT2D eigenvalue weighted by Gasteiger charge is -2.26. The second kappa shape index (κ2) is 11.1. The third kappa shape index (κ3) is 6.55. The van der Waals surface area contributed by atoms with E-state index in [0.29, 0.717) is 45.7 Å². The van der Waals surface area contributed by atoms with Crippen LogP contribution in [0.3, 0.4) is 0 Å². The van der Waals surface area contributed by atoms with Crippen molar-refractivity contribution in [1.82, 2.24) is 9.62 Å². The van der Waals surface area contributed by atoms with Crippen LogP contribution in [0.1, 0.15) is 18.4 Å². The van der Waals surface area contributed by atoms with Crippen molar-refractivity contribution in [2.45, 2.75) is 24.2 Å². The van der Waals surface area contributed by atoms with E-state index in [4.69, 9.17) is 4.74 Å². The zero-order valence-electron chi connectivity index (χ0n) is 17.0. The van der Waals surface area contributed by atoms with E-state index in [1.54, 1.807) is 24.3 Å². The summed E-state index contributed by atoms with van der Waals surface area (Å²) >= 11 is 0. The number of hydrogen-bond donors (Lipinski definition) is 2. The highest BCUT2D eigenvalue weighted by Gasteiger charge is 2.26. The summed E-state index contributed by atoms with van der Waals surface area (Å²) in [5.41, 5.74) is 2.01. The highest BCUT2D eigenvalue weighted by molar-refractivity contribution is 7.89. The van der Waals surface area contributed by atoms with Crippen molar-refractivity contribution in [3.63, 3.8) is 0 Å². The number of rotatable bonds is 10. The molecular weight excluding hydrogens is 402 g/mol. The normalized spacial score (nSPS) is 14.9. The quantitative estimate of drug-likeness (QED) is 0.564. The van der Waals surface area contributed by atoms with Gasteiger partial charge in [-0.25, -0.2) is 8.42 Å². The minimum absolute atomic E-state index is 0.000254. The number of nitrogens with one attached hydrogen (secondary N) is 2. The number of aryl methyl sites for hydroxylation is 1. The Hall–Kier alpha value is -2.42. The summed E-state index contributed by atoms with van der Waals surface area (Å²) in [5, 5.41) is 6.23. The van der Waals surface area contributed by atoms with Gasteiger partial charge in [0.1, 0.15) is 0 Å². The molecule has 3 rings (SSSR count). The maximum atomic E-state index is 12.6. The smallest absolute Gasteiger partial charge is 0.243 e. The Morgan fingerprint density at radius 2 is 1.67 bits per heavy atom. The zero-order chi connectivity index (χ0) is 21.2. The first kappa shape index (κ1) is 22.3. The average molecular weight is 432 g/mol. The Bertz CT molecular complexity index is 896. The van der Waals surface area contributed by atoms with Crippen molar-refractivity contribution in [1.29, 1.82) is 0 Å². The Morgan fingerprint density at radius 3 is 2.37 bits per heavy atom. The van der Waals surface area contributed by atoms with E-state index in [9.17, 15) is 13.2 Å². The molecule has 0 bridgehead atoms. The molecule has 162 valence electrons. The number of nitrogens with zero attached hydrogens (tertiary/aromatic N) is 1. The largest absolute Gasteiger partial charge is 0.385 e. The summed E-state index contributed by atoms with van der Waals surface area (Å²) in [6.07, 6.45) is 1.79. The molecule has 7 nitrogen and oxygen atoms in total. The molecule has 0 aliphatic carbocycles. The van der Waals surface area contributed by atoms with Crippen molar-refractivity contribution in [3.05, 3.63) is 60.2 Å². The second-order valence-electron chi connectivity index (χ2n) is 7.16. The Labute approximate surface area is 178 Å². The number of hydrogen-bond acceptors (Lipinski definition) is 5. The molecule has 0 unspecified atom stereocenters. The molecule has 1 aliphatic rings. The van der Waals surface area contributed by atoms with Crippen molar-refractivity contribution in [2.75, 3.05) is 44.7 Å². The summed E-state index contributed by atoms with van der Waals surface area (Å²) in [7, 11) is -3.48. The minimum atomic E-state index is -3.48. The minimum Gasteiger partial charge on any atom is -0.385 e. The van der Waals surface area contributed by atoms with E-state index in [2.05, 4.69) is 10.6 Å². The van der Waals surface area contributed by atoms with Crippen LogP contribution in [0.25, 0.3) is 0 Å². The van der Waals surface area contributed by atoms with Gasteiger partial charge in [-0.05, 0) is 42.7 Å². The standard InChI is InChI=1S/C22H29N3O4S/c26-22(24-14-4-13-23-20-5-2-1-3-6-20)12-9-19-7-10-21(11-8-19)30(27,28)25-15-17-29-18-16-25/h1-3,5-8,10-11,23H,4,9,12-18H2,(H,24,26). The van der Waals surface area contributed by atoms with E-state index in [0.717, 1.165) is 24.2 Å². The fraction of sp³-hybridized carbons (Fsp3) is 0.409. The van der Waals surface area contributed by atoms with Gasteiger partial charge in [-0.15, -0.1) is 0 Å². The van der Waals surface area contributed by atoms with Crippen LogP contribution in [0.4, 0.5) is 5.69 Å². The summed E-state index contributed by atoms with van der Waals surface area (Å²) in [6, 6.07) is 16.8. The molecule has 1 fully saturated rings. The van der Waals surface area contributed by atoms with Crippen molar-refractivity contribution in [3.8, 4) is 0 Å². The molecule has 0 radical (unpaired) electrons. The second-order valence-corrected chi connectivity index (χ2v) is 9.09. The highest BCUT2D eigenvalue weighted by atomic mass is 32.2. The van der Waals surface area contributed by atoms with E-state index < -0.39 is 10.0 Å². The number of benzene rings is 2. The van der Waals surface area contributed by atoms with Crippen LogP contribution < -0.4 is 10.6 Å². The number of carbonyl (C=O) groups is 1. The first-order valence-electron chi connectivity index (χ1n) is 10.3. The first-order valence-corrected chi connectivity index (χ1v) is 11.7. The van der Waals surface area contributed by atoms with Gasteiger partial charge >= 0.3 is 0 Å². The summed E-state index contributed by atoms with van der Waals surface area (Å²) < 4.78 is 31.9. The number of sulfonamides is 1. The van der Waals surface area contributed by atoms with Gasteiger partial charge in [0.15, 0.2) is 0 Å². The molecule has 8 heteroatoms. The van der Waals surface area contributed by atoms with Gasteiger partial charge in [0.25, 0.3) is 0 Å². The van der Waals surface area contributed by atoms with Crippen LogP contribution in [0.2, 0.25) is 0 Å². The number of morpholine rings is 1. The van der Waals surface area contributed by atoms with E-state index >= 15 is 0 Å². The van der Waals surface area contributed by atoms with Gasteiger partial charge in [-0.2, -0.15) is 4.31 Å². The van der Waals surface area contributed by atoms with Gasteiger partial charge in [-0.1, -0.05) is 30.3 Å². The number of amides is 1. The van der Waals surface area contributed by atoms with Crippen LogP contribution >= 0.6 is 0 Å². The molecule has 1 amide bonds. The monoisotopic (exact) mass is 431 g/mol. The van der Waals surface area contributed by atoms with Gasteiger partial charge in [0.05, 0.1) is 18.1 Å². The van der Waals surface area contributed by atoms with Crippen molar-refractivity contribution >= 4 is 21.6 Å². The number of ether oxygens (including phenoxy) is 1. The fourth-order valence-corrected chi connectivity index (χ4v) is 4.62. The molecule has 1 saturated heterocycles. The SMILES string of the molecule is O=C(CCc1ccc(S(=O)(=O)N2CCOCC2)cc1)NCCCNc1ccccc1. The van der Waals surface area contributed by atoms with Crippen LogP contribution in [-0.2, 0) is 26.0 Å². The van der Waals surface area contributed by atoms with Gasteiger partial charge in [0.2, 0.25) is 15.9 Å². The molecule has 1 heterocycles. The number of anilines is 1. The average Bonchev–Trinajstić information content (AvgIpc) is 2.79. The topological polar surface area (TPSA) is 87.7 Å². The van der Waals surface area contributed by atoms with Gasteiger partial charge in [0, 0.05) is 38.3 Å². The maximum absolute atomic E-state index is 12.6. The van der Waals surface area contributed by atoms with Crippen LogP contribution in [-0.4, -0.2) is 58.0 Å². The molecule has 1 aliphatic heterocycles. The molecule has 2 aromatic rings. The van der Waals surface area contributed by atoms with E-state index in [1.165, 1.54) is 4.31 Å². The first-order chi connectivity index (χ1) is 14.6. The van der Waals surface area contributed by atoms with Gasteiger partial charge < -0.3 is 15.4 Å². The lowest BCUT2D eigenvalue weighted by molar-refractivity contribution is -0.121. The molecule has 2 aromatic carbocycles. The highest BCUT2D eigenvalue weighted by Crippen LogP contribution is 2.18. The van der Waals surface area contributed by atoms with E-state index in [-0.39, 0.29) is 10.8 Å². The Balaban J connectivity index is 1.36.